The molecule has 0 atom stereocenters. The zero-order chi connectivity index (χ0) is 36.2. The first kappa shape index (κ1) is 35.4. The molecule has 5 aromatic rings. The van der Waals surface area contributed by atoms with Gasteiger partial charge in [-0.2, -0.15) is 0 Å². The molecule has 0 radical (unpaired) electrons. The molecule has 0 spiro atoms. The Hall–Kier alpha value is -4.00. The molecule has 5 nitrogen and oxygen atoms in total. The van der Waals surface area contributed by atoms with Crippen molar-refractivity contribution in [1.82, 2.24) is 4.98 Å². The van der Waals surface area contributed by atoms with Crippen molar-refractivity contribution >= 4 is 25.2 Å². The van der Waals surface area contributed by atoms with Gasteiger partial charge in [-0.1, -0.05) is 103 Å². The van der Waals surface area contributed by atoms with Crippen molar-refractivity contribution in [2.24, 2.45) is 0 Å². The fourth-order valence-corrected chi connectivity index (χ4v) is 6.80. The molecule has 0 N–H and O–H groups in total. The maximum Gasteiger partial charge on any atom is 0.494 e. The van der Waals surface area contributed by atoms with Crippen LogP contribution in [0.25, 0.3) is 33.6 Å². The highest BCUT2D eigenvalue weighted by molar-refractivity contribution is 6.66. The summed E-state index contributed by atoms with van der Waals surface area (Å²) in [7, 11) is -0.946. The van der Waals surface area contributed by atoms with Crippen molar-refractivity contribution in [3.8, 4) is 33.6 Å². The summed E-state index contributed by atoms with van der Waals surface area (Å²) in [5.41, 5.74) is 10.4. The zero-order valence-corrected chi connectivity index (χ0v) is 31.5. The largest absolute Gasteiger partial charge is 0.494 e. The second kappa shape index (κ2) is 13.2. The molecular formula is C44H49B2NO4. The summed E-state index contributed by atoms with van der Waals surface area (Å²) in [4.78, 5) is 5.21. The third-order valence-corrected chi connectivity index (χ3v) is 11.4. The monoisotopic (exact) mass is 677 g/mol. The summed E-state index contributed by atoms with van der Waals surface area (Å²) >= 11 is 0. The van der Waals surface area contributed by atoms with E-state index in [0.717, 1.165) is 46.3 Å². The van der Waals surface area contributed by atoms with E-state index in [-0.39, 0.29) is 0 Å². The van der Waals surface area contributed by atoms with E-state index in [2.05, 4.69) is 165 Å². The molecule has 51 heavy (non-hydrogen) atoms. The molecule has 4 aromatic carbocycles. The third-order valence-electron chi connectivity index (χ3n) is 11.4. The molecule has 0 saturated carbocycles. The second-order valence-electron chi connectivity index (χ2n) is 16.1. The fraction of sp³-hybridized carbons (Fsp3) is 0.341. The fourth-order valence-electron chi connectivity index (χ4n) is 6.80. The van der Waals surface area contributed by atoms with Gasteiger partial charge in [0.25, 0.3) is 0 Å². The highest BCUT2D eigenvalue weighted by Crippen LogP contribution is 2.39. The smallest absolute Gasteiger partial charge is 0.399 e. The van der Waals surface area contributed by atoms with Crippen LogP contribution in [0.1, 0.15) is 72.1 Å². The van der Waals surface area contributed by atoms with Gasteiger partial charge < -0.3 is 18.6 Å². The number of aryl methyl sites for hydroxylation is 2. The number of rotatable bonds is 8. The van der Waals surface area contributed by atoms with Gasteiger partial charge in [0.1, 0.15) is 0 Å². The van der Waals surface area contributed by atoms with Gasteiger partial charge in [0.15, 0.2) is 0 Å². The van der Waals surface area contributed by atoms with E-state index >= 15 is 0 Å². The molecule has 0 bridgehead atoms. The first-order valence-electron chi connectivity index (χ1n) is 18.2. The Bertz CT molecular complexity index is 1880. The average Bonchev–Trinajstić information content (AvgIpc) is 3.47. The predicted molar refractivity (Wildman–Crippen MR) is 211 cm³/mol. The number of pyridine rings is 1. The van der Waals surface area contributed by atoms with Gasteiger partial charge in [0.2, 0.25) is 0 Å². The van der Waals surface area contributed by atoms with Gasteiger partial charge in [-0.15, -0.1) is 0 Å². The molecule has 0 amide bonds. The molecular weight excluding hydrogens is 628 g/mol. The van der Waals surface area contributed by atoms with Gasteiger partial charge in [-0.05, 0) is 120 Å². The van der Waals surface area contributed by atoms with Crippen LogP contribution in [0.4, 0.5) is 0 Å². The number of benzene rings is 4. The van der Waals surface area contributed by atoms with Gasteiger partial charge in [-0.3, -0.25) is 0 Å². The molecule has 2 saturated heterocycles. The minimum atomic E-state index is -0.473. The van der Waals surface area contributed by atoms with Crippen LogP contribution < -0.4 is 10.9 Å². The van der Waals surface area contributed by atoms with Crippen molar-refractivity contribution in [2.45, 2.75) is 97.6 Å². The van der Waals surface area contributed by atoms with Crippen LogP contribution in [0, 0.1) is 6.92 Å². The number of aromatic nitrogens is 1. The Morgan fingerprint density at radius 3 is 1.43 bits per heavy atom. The van der Waals surface area contributed by atoms with Crippen LogP contribution >= 0.6 is 0 Å². The standard InChI is InChI=1S/C44H49B2NO4/c1-30-38(33-16-12-10-13-17-33)29-39(47-40(30)35-18-14-11-15-19-35)34-24-22-31(23-25-34)20-21-32-26-36(45-48-41(2,3)42(4,5)49-45)28-37(27-32)46-50-43(6,7)44(8,9)51-46/h10-19,22-29H,20-21H2,1-9H3. The van der Waals surface area contributed by atoms with E-state index < -0.39 is 36.6 Å². The van der Waals surface area contributed by atoms with Crippen LogP contribution in [0.15, 0.2) is 109 Å². The molecule has 0 aliphatic carbocycles. The van der Waals surface area contributed by atoms with Crippen LogP contribution in [0.2, 0.25) is 0 Å². The lowest BCUT2D eigenvalue weighted by Crippen LogP contribution is -2.41. The molecule has 7 rings (SSSR count). The quantitative estimate of drug-likeness (QED) is 0.154. The van der Waals surface area contributed by atoms with Crippen molar-refractivity contribution in [3.05, 3.63) is 126 Å². The Balaban J connectivity index is 1.17. The van der Waals surface area contributed by atoms with E-state index in [0.29, 0.717) is 0 Å². The first-order chi connectivity index (χ1) is 24.1. The molecule has 7 heteroatoms. The summed E-state index contributed by atoms with van der Waals surface area (Å²) in [6.07, 6.45) is 1.72. The zero-order valence-electron chi connectivity index (χ0n) is 31.5. The summed E-state index contributed by atoms with van der Waals surface area (Å²) in [6, 6.07) is 38.7. The Morgan fingerprint density at radius 1 is 0.490 bits per heavy atom. The molecule has 2 aliphatic rings. The van der Waals surface area contributed by atoms with Gasteiger partial charge in [0.05, 0.1) is 33.8 Å². The molecule has 260 valence electrons. The van der Waals surface area contributed by atoms with Crippen molar-refractivity contribution < 1.29 is 18.6 Å². The number of hydrogen-bond acceptors (Lipinski definition) is 5. The van der Waals surface area contributed by atoms with Crippen molar-refractivity contribution in [1.29, 1.82) is 0 Å². The minimum absolute atomic E-state index is 0.435. The molecule has 2 fully saturated rings. The lowest BCUT2D eigenvalue weighted by atomic mass is 9.70. The summed E-state index contributed by atoms with van der Waals surface area (Å²) in [5, 5.41) is 0. The predicted octanol–water partition coefficient (Wildman–Crippen LogP) is 8.77. The number of hydrogen-bond donors (Lipinski definition) is 0. The van der Waals surface area contributed by atoms with E-state index in [1.165, 1.54) is 27.8 Å². The lowest BCUT2D eigenvalue weighted by Gasteiger charge is -2.32. The van der Waals surface area contributed by atoms with E-state index in [1.807, 2.05) is 6.07 Å². The molecule has 3 heterocycles. The Kier molecular flexibility index (Phi) is 9.16. The summed E-state index contributed by atoms with van der Waals surface area (Å²) in [5.74, 6) is 0. The normalized spacial score (nSPS) is 18.7. The SMILES string of the molecule is Cc1c(-c2ccccc2)cc(-c2ccc(CCc3cc(B4OC(C)(C)C(C)(C)O4)cc(B4OC(C)(C)C(C)(C)O4)c3)cc2)nc1-c1ccccc1. The molecule has 1 aromatic heterocycles. The van der Waals surface area contributed by atoms with Crippen LogP contribution in [0.3, 0.4) is 0 Å². The highest BCUT2D eigenvalue weighted by Gasteiger charge is 2.54. The van der Waals surface area contributed by atoms with E-state index in [4.69, 9.17) is 23.6 Å². The van der Waals surface area contributed by atoms with Crippen LogP contribution in [-0.4, -0.2) is 41.6 Å². The maximum absolute atomic E-state index is 6.49. The number of nitrogens with zero attached hydrogens (tertiary/aromatic N) is 1. The average molecular weight is 678 g/mol. The van der Waals surface area contributed by atoms with E-state index in [1.54, 1.807) is 0 Å². The molecule has 0 unspecified atom stereocenters. The van der Waals surface area contributed by atoms with Crippen LogP contribution in [-0.2, 0) is 31.5 Å². The van der Waals surface area contributed by atoms with Gasteiger partial charge in [0, 0.05) is 11.1 Å². The van der Waals surface area contributed by atoms with Crippen LogP contribution in [0.5, 0.6) is 0 Å². The van der Waals surface area contributed by atoms with Gasteiger partial charge >= 0.3 is 14.2 Å². The third kappa shape index (κ3) is 6.97. The Labute approximate surface area is 305 Å². The lowest BCUT2D eigenvalue weighted by molar-refractivity contribution is 0.00578. The topological polar surface area (TPSA) is 49.8 Å². The minimum Gasteiger partial charge on any atom is -0.399 e. The summed E-state index contributed by atoms with van der Waals surface area (Å²) < 4.78 is 26.0. The van der Waals surface area contributed by atoms with Gasteiger partial charge in [-0.25, -0.2) is 4.98 Å². The maximum atomic E-state index is 6.49. The summed E-state index contributed by atoms with van der Waals surface area (Å²) in [6.45, 7) is 18.9. The Morgan fingerprint density at radius 2 is 0.941 bits per heavy atom. The van der Waals surface area contributed by atoms with Crippen molar-refractivity contribution in [2.75, 3.05) is 0 Å². The highest BCUT2D eigenvalue weighted by atomic mass is 16.7. The first-order valence-corrected chi connectivity index (χ1v) is 18.2. The van der Waals surface area contributed by atoms with E-state index in [9.17, 15) is 0 Å². The second-order valence-corrected chi connectivity index (χ2v) is 16.1. The van der Waals surface area contributed by atoms with Crippen molar-refractivity contribution in [3.63, 3.8) is 0 Å². The molecule has 2 aliphatic heterocycles.